The molecule has 0 aliphatic heterocycles. The Morgan fingerprint density at radius 1 is 1.17 bits per heavy atom. The van der Waals surface area contributed by atoms with Crippen LogP contribution in [0.25, 0.3) is 0 Å². The second-order valence-electron chi connectivity index (χ2n) is 5.38. The van der Waals surface area contributed by atoms with E-state index in [4.69, 9.17) is 14.2 Å². The summed E-state index contributed by atoms with van der Waals surface area (Å²) in [7, 11) is 6.62. The van der Waals surface area contributed by atoms with E-state index in [1.54, 1.807) is 19.2 Å². The van der Waals surface area contributed by atoms with Crippen molar-refractivity contribution in [2.45, 2.75) is 26.3 Å². The summed E-state index contributed by atoms with van der Waals surface area (Å²) in [4.78, 5) is 14.6. The molecule has 1 atom stereocenters. The van der Waals surface area contributed by atoms with Gasteiger partial charge in [0.25, 0.3) is 5.91 Å². The monoisotopic (exact) mass is 324 g/mol. The Labute approximate surface area is 138 Å². The molecule has 6 nitrogen and oxygen atoms in total. The first-order valence-electron chi connectivity index (χ1n) is 7.77. The minimum Gasteiger partial charge on any atom is -0.493 e. The lowest BCUT2D eigenvalue weighted by molar-refractivity contribution is 0.0943. The van der Waals surface area contributed by atoms with Gasteiger partial charge in [-0.2, -0.15) is 0 Å². The van der Waals surface area contributed by atoms with Crippen LogP contribution in [0.15, 0.2) is 12.1 Å². The predicted octanol–water partition coefficient (Wildman–Crippen LogP) is 2.17. The summed E-state index contributed by atoms with van der Waals surface area (Å²) in [5, 5.41) is 2.92. The third-order valence-electron chi connectivity index (χ3n) is 4.04. The number of ether oxygens (including phenoxy) is 3. The van der Waals surface area contributed by atoms with E-state index in [2.05, 4.69) is 31.1 Å². The molecule has 1 rings (SSSR count). The first-order valence-corrected chi connectivity index (χ1v) is 7.77. The van der Waals surface area contributed by atoms with E-state index in [0.717, 1.165) is 13.0 Å². The number of hydrogen-bond acceptors (Lipinski definition) is 5. The van der Waals surface area contributed by atoms with Gasteiger partial charge in [0.2, 0.25) is 5.75 Å². The third-order valence-corrected chi connectivity index (χ3v) is 4.04. The summed E-state index contributed by atoms with van der Waals surface area (Å²) in [5.41, 5.74) is 0.427. The molecule has 1 aromatic carbocycles. The van der Waals surface area contributed by atoms with E-state index in [1.165, 1.54) is 14.2 Å². The summed E-state index contributed by atoms with van der Waals surface area (Å²) < 4.78 is 15.9. The topological polar surface area (TPSA) is 60.0 Å². The molecule has 0 radical (unpaired) electrons. The lowest BCUT2D eigenvalue weighted by Gasteiger charge is -2.23. The van der Waals surface area contributed by atoms with E-state index in [-0.39, 0.29) is 5.91 Å². The first-order chi connectivity index (χ1) is 11.0. The van der Waals surface area contributed by atoms with Gasteiger partial charge < -0.3 is 24.4 Å². The summed E-state index contributed by atoms with van der Waals surface area (Å²) in [5.74, 6) is 1.12. The second-order valence-corrected chi connectivity index (χ2v) is 5.38. The van der Waals surface area contributed by atoms with Crippen molar-refractivity contribution in [3.8, 4) is 17.2 Å². The zero-order valence-electron chi connectivity index (χ0n) is 14.9. The molecule has 0 heterocycles. The fourth-order valence-electron chi connectivity index (χ4n) is 2.25. The number of rotatable bonds is 9. The van der Waals surface area contributed by atoms with Gasteiger partial charge in [-0.05, 0) is 32.5 Å². The predicted molar refractivity (Wildman–Crippen MR) is 90.8 cm³/mol. The van der Waals surface area contributed by atoms with Crippen LogP contribution in [0.5, 0.6) is 17.2 Å². The van der Waals surface area contributed by atoms with E-state index < -0.39 is 0 Å². The first kappa shape index (κ1) is 19.1. The Morgan fingerprint density at radius 2 is 1.83 bits per heavy atom. The van der Waals surface area contributed by atoms with Gasteiger partial charge in [0.05, 0.1) is 26.9 Å². The molecule has 23 heavy (non-hydrogen) atoms. The minimum absolute atomic E-state index is 0.194. The minimum atomic E-state index is -0.194. The number of likely N-dealkylation sites (N-methyl/N-ethyl adjacent to an activating group) is 1. The zero-order valence-corrected chi connectivity index (χ0v) is 14.9. The Hall–Kier alpha value is -1.95. The number of nitrogens with zero attached hydrogens (tertiary/aromatic N) is 1. The molecule has 0 spiro atoms. The van der Waals surface area contributed by atoms with Crippen molar-refractivity contribution in [2.75, 3.05) is 41.5 Å². The molecule has 0 fully saturated rings. The SMILES string of the molecule is CCC(C)N(C)CCNC(=O)c1ccc(OC)c(OC)c1OC. The van der Waals surface area contributed by atoms with Gasteiger partial charge in [0, 0.05) is 19.1 Å². The highest BCUT2D eigenvalue weighted by Gasteiger charge is 2.20. The molecule has 6 heteroatoms. The van der Waals surface area contributed by atoms with Crippen molar-refractivity contribution >= 4 is 5.91 Å². The van der Waals surface area contributed by atoms with Crippen LogP contribution < -0.4 is 19.5 Å². The molecule has 0 saturated heterocycles. The number of hydrogen-bond donors (Lipinski definition) is 1. The second kappa shape index (κ2) is 9.25. The van der Waals surface area contributed by atoms with Crippen LogP contribution >= 0.6 is 0 Å². The van der Waals surface area contributed by atoms with Crippen molar-refractivity contribution in [2.24, 2.45) is 0 Å². The molecule has 130 valence electrons. The van der Waals surface area contributed by atoms with Crippen LogP contribution in [0.4, 0.5) is 0 Å². The largest absolute Gasteiger partial charge is 0.493 e. The van der Waals surface area contributed by atoms with Gasteiger partial charge in [0.1, 0.15) is 0 Å². The average Bonchev–Trinajstić information content (AvgIpc) is 2.58. The van der Waals surface area contributed by atoms with Crippen molar-refractivity contribution < 1.29 is 19.0 Å². The number of amides is 1. The maximum Gasteiger partial charge on any atom is 0.255 e. The standard InChI is InChI=1S/C17H28N2O4/c1-7-12(2)19(3)11-10-18-17(20)13-8-9-14(21-4)16(23-6)15(13)22-5/h8-9,12H,7,10-11H2,1-6H3,(H,18,20). The summed E-state index contributed by atoms with van der Waals surface area (Å²) in [6.07, 6.45) is 1.08. The molecule has 0 bridgehead atoms. The van der Waals surface area contributed by atoms with E-state index >= 15 is 0 Å². The fourth-order valence-corrected chi connectivity index (χ4v) is 2.25. The van der Waals surface area contributed by atoms with Gasteiger partial charge >= 0.3 is 0 Å². The lowest BCUT2D eigenvalue weighted by atomic mass is 10.1. The Bertz CT molecular complexity index is 520. The summed E-state index contributed by atoms with van der Waals surface area (Å²) in [6.45, 7) is 5.67. The molecule has 0 aliphatic carbocycles. The molecule has 0 saturated carbocycles. The smallest absolute Gasteiger partial charge is 0.255 e. The van der Waals surface area contributed by atoms with E-state index in [0.29, 0.717) is 35.4 Å². The van der Waals surface area contributed by atoms with Crippen LogP contribution in [0.3, 0.4) is 0 Å². The quantitative estimate of drug-likeness (QED) is 0.754. The van der Waals surface area contributed by atoms with Gasteiger partial charge in [-0.25, -0.2) is 0 Å². The zero-order chi connectivity index (χ0) is 17.4. The molecule has 1 unspecified atom stereocenters. The van der Waals surface area contributed by atoms with Crippen molar-refractivity contribution in [1.82, 2.24) is 10.2 Å². The molecular weight excluding hydrogens is 296 g/mol. The van der Waals surface area contributed by atoms with Crippen LogP contribution in [0.1, 0.15) is 30.6 Å². The van der Waals surface area contributed by atoms with Crippen LogP contribution in [-0.4, -0.2) is 58.3 Å². The fraction of sp³-hybridized carbons (Fsp3) is 0.588. The number of nitrogens with one attached hydrogen (secondary N) is 1. The van der Waals surface area contributed by atoms with Gasteiger partial charge in [-0.1, -0.05) is 6.92 Å². The number of carbonyl (C=O) groups is 1. The molecule has 1 N–H and O–H groups in total. The van der Waals surface area contributed by atoms with E-state index in [9.17, 15) is 4.79 Å². The van der Waals surface area contributed by atoms with Crippen LogP contribution in [0.2, 0.25) is 0 Å². The highest BCUT2D eigenvalue weighted by Crippen LogP contribution is 2.39. The normalized spacial score (nSPS) is 12.0. The Kier molecular flexibility index (Phi) is 7.68. The molecular formula is C17H28N2O4. The Balaban J connectivity index is 2.80. The molecule has 1 aromatic rings. The summed E-state index contributed by atoms with van der Waals surface area (Å²) in [6, 6.07) is 3.86. The number of carbonyl (C=O) groups excluding carboxylic acids is 1. The lowest BCUT2D eigenvalue weighted by Crippen LogP contribution is -2.37. The highest BCUT2D eigenvalue weighted by molar-refractivity contribution is 5.98. The maximum atomic E-state index is 12.4. The third kappa shape index (κ3) is 4.76. The Morgan fingerprint density at radius 3 is 2.35 bits per heavy atom. The highest BCUT2D eigenvalue weighted by atomic mass is 16.5. The average molecular weight is 324 g/mol. The number of methoxy groups -OCH3 is 3. The van der Waals surface area contributed by atoms with Gasteiger partial charge in [-0.15, -0.1) is 0 Å². The van der Waals surface area contributed by atoms with Gasteiger partial charge in [-0.3, -0.25) is 4.79 Å². The number of benzene rings is 1. The van der Waals surface area contributed by atoms with Crippen LogP contribution in [-0.2, 0) is 0 Å². The van der Waals surface area contributed by atoms with Crippen LogP contribution in [0, 0.1) is 0 Å². The van der Waals surface area contributed by atoms with Crippen molar-refractivity contribution in [3.63, 3.8) is 0 Å². The van der Waals surface area contributed by atoms with E-state index in [1.807, 2.05) is 0 Å². The van der Waals surface area contributed by atoms with Gasteiger partial charge in [0.15, 0.2) is 11.5 Å². The molecule has 0 aliphatic rings. The molecule has 1 amide bonds. The molecule has 0 aromatic heterocycles. The maximum absolute atomic E-state index is 12.4. The van der Waals surface area contributed by atoms with Crippen molar-refractivity contribution in [1.29, 1.82) is 0 Å². The summed E-state index contributed by atoms with van der Waals surface area (Å²) >= 11 is 0. The van der Waals surface area contributed by atoms with Crippen molar-refractivity contribution in [3.05, 3.63) is 17.7 Å².